The van der Waals surface area contributed by atoms with Gasteiger partial charge in [-0.1, -0.05) is 23.4 Å². The van der Waals surface area contributed by atoms with Gasteiger partial charge in [0.25, 0.3) is 5.91 Å². The summed E-state index contributed by atoms with van der Waals surface area (Å²) in [7, 11) is 3.06. The number of methoxy groups -OCH3 is 2. The molecule has 2 aromatic heterocycles. The monoisotopic (exact) mass is 418 g/mol. The van der Waals surface area contributed by atoms with Crippen molar-refractivity contribution in [3.8, 4) is 11.5 Å². The minimum absolute atomic E-state index is 0.0101. The van der Waals surface area contributed by atoms with Crippen LogP contribution in [0.4, 0.5) is 5.82 Å². The average Bonchev–Trinajstić information content (AvgIpc) is 3.34. The van der Waals surface area contributed by atoms with Gasteiger partial charge in [-0.15, -0.1) is 0 Å². The van der Waals surface area contributed by atoms with Crippen molar-refractivity contribution in [2.45, 2.75) is 13.0 Å². The van der Waals surface area contributed by atoms with Crippen molar-refractivity contribution >= 4 is 22.7 Å². The Morgan fingerprint density at radius 3 is 2.48 bits per heavy atom. The molecule has 156 valence electrons. The van der Waals surface area contributed by atoms with E-state index in [-0.39, 0.29) is 22.6 Å². The Hall–Kier alpha value is -4.07. The zero-order valence-corrected chi connectivity index (χ0v) is 17.0. The SMILES string of the molecule is COc1ccc(C2c3c(oc4ccccc4c3=O)C(=O)N2c2cc(C)on2)cc1OC. The number of carbonyl (C=O) groups excluding carboxylic acids is 1. The Morgan fingerprint density at radius 1 is 1.00 bits per heavy atom. The first-order chi connectivity index (χ1) is 15.0. The predicted molar refractivity (Wildman–Crippen MR) is 112 cm³/mol. The molecule has 1 aliphatic rings. The largest absolute Gasteiger partial charge is 0.493 e. The summed E-state index contributed by atoms with van der Waals surface area (Å²) >= 11 is 0. The summed E-state index contributed by atoms with van der Waals surface area (Å²) in [5.74, 6) is 1.36. The lowest BCUT2D eigenvalue weighted by Crippen LogP contribution is -2.29. The number of benzene rings is 2. The summed E-state index contributed by atoms with van der Waals surface area (Å²) in [6, 6.07) is 13.0. The smallest absolute Gasteiger partial charge is 0.296 e. The van der Waals surface area contributed by atoms with Gasteiger partial charge in [0.2, 0.25) is 5.76 Å². The first-order valence-corrected chi connectivity index (χ1v) is 9.58. The molecular formula is C23H18N2O6. The van der Waals surface area contributed by atoms with Crippen LogP contribution in [-0.2, 0) is 0 Å². The van der Waals surface area contributed by atoms with E-state index in [2.05, 4.69) is 5.16 Å². The maximum absolute atomic E-state index is 13.5. The number of ether oxygens (including phenoxy) is 2. The van der Waals surface area contributed by atoms with Crippen molar-refractivity contribution in [3.05, 3.63) is 81.4 Å². The van der Waals surface area contributed by atoms with Gasteiger partial charge in [-0.2, -0.15) is 0 Å². The molecule has 8 heteroatoms. The number of rotatable bonds is 4. The molecule has 5 rings (SSSR count). The van der Waals surface area contributed by atoms with Gasteiger partial charge in [0.15, 0.2) is 22.7 Å². The molecule has 3 heterocycles. The summed E-state index contributed by atoms with van der Waals surface area (Å²) in [5.41, 5.74) is 0.973. The number of nitrogens with zero attached hydrogens (tertiary/aromatic N) is 2. The molecule has 0 spiro atoms. The number of hydrogen-bond donors (Lipinski definition) is 0. The molecule has 0 saturated heterocycles. The maximum Gasteiger partial charge on any atom is 0.296 e. The van der Waals surface area contributed by atoms with Crippen LogP contribution in [-0.4, -0.2) is 25.3 Å². The van der Waals surface area contributed by atoms with Crippen molar-refractivity contribution in [1.82, 2.24) is 5.16 Å². The molecule has 1 amide bonds. The van der Waals surface area contributed by atoms with Gasteiger partial charge in [-0.25, -0.2) is 0 Å². The molecule has 1 atom stereocenters. The molecule has 0 fully saturated rings. The number of aromatic nitrogens is 1. The molecular weight excluding hydrogens is 400 g/mol. The van der Waals surface area contributed by atoms with E-state index < -0.39 is 11.9 Å². The molecule has 0 saturated carbocycles. The van der Waals surface area contributed by atoms with E-state index in [1.54, 1.807) is 55.5 Å². The van der Waals surface area contributed by atoms with E-state index >= 15 is 0 Å². The van der Waals surface area contributed by atoms with Crippen molar-refractivity contribution in [1.29, 1.82) is 0 Å². The quantitative estimate of drug-likeness (QED) is 0.497. The fourth-order valence-electron chi connectivity index (χ4n) is 3.96. The lowest BCUT2D eigenvalue weighted by atomic mass is 9.98. The molecule has 1 unspecified atom stereocenters. The maximum atomic E-state index is 13.5. The normalized spacial score (nSPS) is 15.4. The van der Waals surface area contributed by atoms with E-state index in [0.29, 0.717) is 33.8 Å². The highest BCUT2D eigenvalue weighted by atomic mass is 16.5. The minimum atomic E-state index is -0.771. The summed E-state index contributed by atoms with van der Waals surface area (Å²) < 4.78 is 21.9. The molecule has 2 aromatic carbocycles. The zero-order valence-electron chi connectivity index (χ0n) is 17.0. The van der Waals surface area contributed by atoms with Crippen LogP contribution in [0.15, 0.2) is 62.3 Å². The Bertz CT molecular complexity index is 1390. The van der Waals surface area contributed by atoms with Crippen LogP contribution in [0, 0.1) is 6.92 Å². The Morgan fingerprint density at radius 2 is 1.77 bits per heavy atom. The van der Waals surface area contributed by atoms with Gasteiger partial charge in [0.1, 0.15) is 11.3 Å². The Kier molecular flexibility index (Phi) is 4.28. The average molecular weight is 418 g/mol. The van der Waals surface area contributed by atoms with Crippen molar-refractivity contribution in [2.75, 3.05) is 19.1 Å². The van der Waals surface area contributed by atoms with Crippen LogP contribution in [0.1, 0.15) is 33.5 Å². The highest BCUT2D eigenvalue weighted by Crippen LogP contribution is 2.42. The zero-order chi connectivity index (χ0) is 21.7. The minimum Gasteiger partial charge on any atom is -0.493 e. The summed E-state index contributed by atoms with van der Waals surface area (Å²) in [4.78, 5) is 28.3. The second-order valence-electron chi connectivity index (χ2n) is 7.16. The van der Waals surface area contributed by atoms with E-state index in [1.165, 1.54) is 19.1 Å². The van der Waals surface area contributed by atoms with Crippen LogP contribution in [0.25, 0.3) is 11.0 Å². The molecule has 0 N–H and O–H groups in total. The fourth-order valence-corrected chi connectivity index (χ4v) is 3.96. The molecule has 0 aliphatic carbocycles. The number of amides is 1. The first-order valence-electron chi connectivity index (χ1n) is 9.58. The number of para-hydroxylation sites is 1. The standard InChI is InChI=1S/C23H18N2O6/c1-12-10-18(24-31-12)25-20(13-8-9-16(28-2)17(11-13)29-3)19-21(26)14-6-4-5-7-15(14)30-22(19)23(25)27/h4-11,20H,1-3H3. The topological polar surface area (TPSA) is 95.0 Å². The predicted octanol–water partition coefficient (Wildman–Crippen LogP) is 3.86. The Labute approximate surface area is 176 Å². The first kappa shape index (κ1) is 18.9. The van der Waals surface area contributed by atoms with Crippen LogP contribution < -0.4 is 19.8 Å². The molecule has 4 aromatic rings. The molecule has 0 radical (unpaired) electrons. The van der Waals surface area contributed by atoms with Gasteiger partial charge < -0.3 is 18.4 Å². The molecule has 8 nitrogen and oxygen atoms in total. The van der Waals surface area contributed by atoms with Gasteiger partial charge in [0.05, 0.1) is 31.2 Å². The highest BCUT2D eigenvalue weighted by Gasteiger charge is 2.45. The second-order valence-corrected chi connectivity index (χ2v) is 7.16. The van der Waals surface area contributed by atoms with Gasteiger partial charge >= 0.3 is 0 Å². The van der Waals surface area contributed by atoms with Crippen molar-refractivity contribution < 1.29 is 23.2 Å². The fraction of sp³-hybridized carbons (Fsp3) is 0.174. The summed E-state index contributed by atoms with van der Waals surface area (Å²) in [6.45, 7) is 1.73. The molecule has 0 bridgehead atoms. The molecule has 1 aliphatic heterocycles. The number of anilines is 1. The van der Waals surface area contributed by atoms with E-state index in [9.17, 15) is 9.59 Å². The summed E-state index contributed by atoms with van der Waals surface area (Å²) in [6.07, 6.45) is 0. The third-order valence-electron chi connectivity index (χ3n) is 5.36. The van der Waals surface area contributed by atoms with E-state index in [4.69, 9.17) is 18.4 Å². The van der Waals surface area contributed by atoms with Crippen LogP contribution in [0.2, 0.25) is 0 Å². The van der Waals surface area contributed by atoms with Gasteiger partial charge in [0, 0.05) is 6.07 Å². The van der Waals surface area contributed by atoms with E-state index in [1.807, 2.05) is 0 Å². The third kappa shape index (κ3) is 2.79. The van der Waals surface area contributed by atoms with E-state index in [0.717, 1.165) is 0 Å². The Balaban J connectivity index is 1.81. The van der Waals surface area contributed by atoms with Crippen LogP contribution in [0.3, 0.4) is 0 Å². The highest BCUT2D eigenvalue weighted by molar-refractivity contribution is 6.10. The van der Waals surface area contributed by atoms with Gasteiger partial charge in [-0.3, -0.25) is 14.5 Å². The molecule has 31 heavy (non-hydrogen) atoms. The lowest BCUT2D eigenvalue weighted by molar-refractivity contribution is 0.0969. The second kappa shape index (κ2) is 7.02. The van der Waals surface area contributed by atoms with Crippen molar-refractivity contribution in [3.63, 3.8) is 0 Å². The third-order valence-corrected chi connectivity index (χ3v) is 5.36. The van der Waals surface area contributed by atoms with Crippen LogP contribution in [0.5, 0.6) is 11.5 Å². The lowest BCUT2D eigenvalue weighted by Gasteiger charge is -2.23. The van der Waals surface area contributed by atoms with Crippen LogP contribution >= 0.6 is 0 Å². The van der Waals surface area contributed by atoms with Gasteiger partial charge in [-0.05, 0) is 36.8 Å². The number of carbonyl (C=O) groups is 1. The summed E-state index contributed by atoms with van der Waals surface area (Å²) in [5, 5.41) is 4.41. The number of hydrogen-bond acceptors (Lipinski definition) is 7. The van der Waals surface area contributed by atoms with Crippen molar-refractivity contribution in [2.24, 2.45) is 0 Å². The number of fused-ring (bicyclic) bond motifs is 2. The number of aryl methyl sites for hydroxylation is 1.